The van der Waals surface area contributed by atoms with Crippen molar-refractivity contribution < 1.29 is 12.6 Å². The van der Waals surface area contributed by atoms with Crippen molar-refractivity contribution in [1.29, 1.82) is 0 Å². The largest absolute Gasteiger partial charge is 0.455 e. The van der Waals surface area contributed by atoms with E-state index in [-0.39, 0.29) is 22.0 Å². The molecule has 0 saturated carbocycles. The van der Waals surface area contributed by atoms with E-state index < -0.39 is 13.7 Å². The Morgan fingerprint density at radius 1 is 0.692 bits per heavy atom. The predicted octanol–water partition coefficient (Wildman–Crippen LogP) is 8.87. The number of hydrogen-bond donors (Lipinski definition) is 0. The van der Waals surface area contributed by atoms with Gasteiger partial charge in [-0.2, -0.15) is 0 Å². The molecule has 3 aromatic carbocycles. The van der Waals surface area contributed by atoms with Gasteiger partial charge in [0.25, 0.3) is 0 Å². The smallest absolute Gasteiger partial charge is 0.163 e. The highest BCUT2D eigenvalue weighted by Gasteiger charge is 2.25. The predicted molar refractivity (Wildman–Crippen MR) is 160 cm³/mol. The summed E-state index contributed by atoms with van der Waals surface area (Å²) in [7, 11) is 0. The summed E-state index contributed by atoms with van der Waals surface area (Å²) in [5.41, 5.74) is 1.95. The monoisotopic (exact) mass is 520 g/mol. The van der Waals surface area contributed by atoms with Gasteiger partial charge in [-0.25, -0.2) is 15.0 Å². The molecule has 0 atom stereocenters. The van der Waals surface area contributed by atoms with E-state index in [1.165, 1.54) is 6.07 Å². The van der Waals surface area contributed by atoms with E-state index in [4.69, 9.17) is 27.6 Å². The first-order valence-corrected chi connectivity index (χ1v) is 13.0. The third-order valence-corrected chi connectivity index (χ3v) is 6.89. The van der Waals surface area contributed by atoms with E-state index in [0.29, 0.717) is 28.2 Å². The van der Waals surface area contributed by atoms with E-state index in [1.807, 2.05) is 36.4 Å². The van der Waals surface area contributed by atoms with E-state index in [1.54, 1.807) is 6.07 Å². The number of aromatic nitrogens is 4. The minimum atomic E-state index is -2.63. The van der Waals surface area contributed by atoms with Crippen molar-refractivity contribution in [1.82, 2.24) is 19.9 Å². The third-order valence-electron chi connectivity index (χ3n) is 6.89. The molecule has 0 aliphatic carbocycles. The van der Waals surface area contributed by atoms with Gasteiger partial charge in [-0.15, -0.1) is 0 Å². The van der Waals surface area contributed by atoms with Crippen LogP contribution in [0.4, 0.5) is 0 Å². The molecule has 0 aliphatic rings. The first-order valence-electron chi connectivity index (χ1n) is 16.0. The van der Waals surface area contributed by atoms with Crippen molar-refractivity contribution in [2.75, 3.05) is 0 Å². The normalized spacial score (nSPS) is 15.5. The molecule has 6 rings (SSSR count). The summed E-state index contributed by atoms with van der Waals surface area (Å²) >= 11 is 0. The van der Waals surface area contributed by atoms with Gasteiger partial charge in [-0.1, -0.05) is 65.8 Å². The molecular formula is C34H34N4O. The van der Waals surface area contributed by atoms with Gasteiger partial charge in [0.05, 0.1) is 5.69 Å². The highest BCUT2D eigenvalue weighted by molar-refractivity contribution is 6.17. The fraction of sp³-hybridized carbons (Fsp3) is 0.294. The summed E-state index contributed by atoms with van der Waals surface area (Å²) in [5, 5.41) is 3.58. The van der Waals surface area contributed by atoms with Crippen LogP contribution in [0.15, 0.2) is 65.2 Å². The molecule has 5 nitrogen and oxygen atoms in total. The zero-order valence-corrected chi connectivity index (χ0v) is 23.0. The van der Waals surface area contributed by atoms with E-state index in [0.717, 1.165) is 45.0 Å². The Labute approximate surface area is 237 Å². The molecule has 0 N–H and O–H groups in total. The first-order chi connectivity index (χ1) is 20.8. The molecule has 6 aromatic rings. The molecule has 5 heteroatoms. The first kappa shape index (κ1) is 19.0. The van der Waals surface area contributed by atoms with Gasteiger partial charge < -0.3 is 4.42 Å². The summed E-state index contributed by atoms with van der Waals surface area (Å²) in [5.74, 6) is 2.09. The van der Waals surface area contributed by atoms with Crippen LogP contribution in [0, 0.1) is 13.7 Å². The Hall–Kier alpha value is -4.12. The molecule has 196 valence electrons. The van der Waals surface area contributed by atoms with Gasteiger partial charge in [0.2, 0.25) is 0 Å². The van der Waals surface area contributed by atoms with E-state index in [9.17, 15) is 0 Å². The van der Waals surface area contributed by atoms with E-state index >= 15 is 0 Å². The molecule has 0 radical (unpaired) electrons. The highest BCUT2D eigenvalue weighted by Crippen LogP contribution is 2.39. The van der Waals surface area contributed by atoms with Gasteiger partial charge in [0.15, 0.2) is 5.82 Å². The summed E-state index contributed by atoms with van der Waals surface area (Å²) < 4.78 is 53.9. The van der Waals surface area contributed by atoms with Gasteiger partial charge in [0, 0.05) is 52.5 Å². The molecule has 3 aromatic heterocycles. The Morgan fingerprint density at radius 3 is 2.08 bits per heavy atom. The van der Waals surface area contributed by atoms with Crippen LogP contribution < -0.4 is 0 Å². The molecule has 0 fully saturated rings. The molecule has 39 heavy (non-hydrogen) atoms. The Kier molecular flexibility index (Phi) is 4.24. The molecule has 3 heterocycles. The van der Waals surface area contributed by atoms with Crippen molar-refractivity contribution in [3.63, 3.8) is 0 Å². The van der Waals surface area contributed by atoms with Gasteiger partial charge in [-0.05, 0) is 60.5 Å². The lowest BCUT2D eigenvalue weighted by Crippen LogP contribution is -2.24. The number of benzene rings is 3. The number of furan rings is 1. The van der Waals surface area contributed by atoms with Crippen LogP contribution in [0.5, 0.6) is 0 Å². The molecule has 0 spiro atoms. The summed E-state index contributed by atoms with van der Waals surface area (Å²) in [6.45, 7) is 7.30. The van der Waals surface area contributed by atoms with Crippen LogP contribution >= 0.6 is 0 Å². The SMILES string of the molecule is [2H]C([2H])([2H])c1cnc(-c2cccc3c2oc2c4ccc(-c5nc(C(C)(C)C)nc(C(C)(C)C)n5)cc4ccc32)cc1C([2H])([2H])[2H]. The van der Waals surface area contributed by atoms with Gasteiger partial charge in [-0.3, -0.25) is 4.98 Å². The number of rotatable bonds is 2. The zero-order valence-electron chi connectivity index (χ0n) is 29.0. The molecule has 0 bridgehead atoms. The lowest BCUT2D eigenvalue weighted by Gasteiger charge is -2.22. The molecule has 0 saturated heterocycles. The molecule has 0 unspecified atom stereocenters. The number of hydrogen-bond acceptors (Lipinski definition) is 5. The zero-order chi connectivity index (χ0) is 32.7. The third kappa shape index (κ3) is 4.36. The van der Waals surface area contributed by atoms with Gasteiger partial charge >= 0.3 is 0 Å². The average Bonchev–Trinajstić information content (AvgIpc) is 3.34. The molecule has 0 aliphatic heterocycles. The number of aryl methyl sites for hydroxylation is 2. The Bertz CT molecular complexity index is 2080. The fourth-order valence-corrected chi connectivity index (χ4v) is 4.70. The average molecular weight is 521 g/mol. The van der Waals surface area contributed by atoms with Crippen LogP contribution in [-0.4, -0.2) is 19.9 Å². The van der Waals surface area contributed by atoms with Gasteiger partial charge in [0.1, 0.15) is 22.8 Å². The standard InChI is InChI=1S/C34H34N4O/c1-19-16-27(35-18-20(19)2)26-11-9-10-24-25-15-12-21-17-22(13-14-23(21)28(25)39-29(24)26)30-36-31(33(3,4)5)38-32(37-30)34(6,7)8/h9-18H,1-8H3/i1D3,2D3. The highest BCUT2D eigenvalue weighted by atomic mass is 16.3. The summed E-state index contributed by atoms with van der Waals surface area (Å²) in [6, 6.07) is 17.0. The van der Waals surface area contributed by atoms with Crippen LogP contribution in [-0.2, 0) is 10.8 Å². The van der Waals surface area contributed by atoms with Crippen molar-refractivity contribution >= 4 is 32.7 Å². The number of pyridine rings is 1. The Balaban J connectivity index is 1.52. The van der Waals surface area contributed by atoms with Crippen LogP contribution in [0.3, 0.4) is 0 Å². The maximum atomic E-state index is 7.98. The Morgan fingerprint density at radius 2 is 1.38 bits per heavy atom. The number of fused-ring (bicyclic) bond motifs is 5. The molecule has 0 amide bonds. The van der Waals surface area contributed by atoms with Crippen molar-refractivity contribution in [2.24, 2.45) is 0 Å². The second-order valence-electron chi connectivity index (χ2n) is 12.1. The minimum absolute atomic E-state index is 0.249. The van der Waals surface area contributed by atoms with Crippen molar-refractivity contribution in [3.05, 3.63) is 83.6 Å². The van der Waals surface area contributed by atoms with E-state index in [2.05, 4.69) is 52.6 Å². The number of nitrogens with zero attached hydrogens (tertiary/aromatic N) is 4. The summed E-state index contributed by atoms with van der Waals surface area (Å²) in [4.78, 5) is 18.9. The quantitative estimate of drug-likeness (QED) is 0.228. The van der Waals surface area contributed by atoms with Crippen LogP contribution in [0.25, 0.3) is 55.4 Å². The van der Waals surface area contributed by atoms with Crippen LogP contribution in [0.1, 0.15) is 72.5 Å². The van der Waals surface area contributed by atoms with Crippen LogP contribution in [0.2, 0.25) is 0 Å². The second-order valence-corrected chi connectivity index (χ2v) is 12.1. The maximum absolute atomic E-state index is 7.98. The lowest BCUT2D eigenvalue weighted by atomic mass is 9.93. The van der Waals surface area contributed by atoms with Crippen molar-refractivity contribution in [3.8, 4) is 22.6 Å². The molecular weight excluding hydrogens is 480 g/mol. The number of para-hydroxylation sites is 1. The fourth-order valence-electron chi connectivity index (χ4n) is 4.70. The van der Waals surface area contributed by atoms with Crippen molar-refractivity contribution in [2.45, 2.75) is 66.1 Å². The topological polar surface area (TPSA) is 64.7 Å². The minimum Gasteiger partial charge on any atom is -0.455 e. The second kappa shape index (κ2) is 8.70. The maximum Gasteiger partial charge on any atom is 0.163 e. The lowest BCUT2D eigenvalue weighted by molar-refractivity contribution is 0.497. The summed E-state index contributed by atoms with van der Waals surface area (Å²) in [6.07, 6.45) is 1.14.